The van der Waals surface area contributed by atoms with Crippen LogP contribution in [0, 0.1) is 20.8 Å². The fourth-order valence-electron chi connectivity index (χ4n) is 3.42. The minimum atomic E-state index is 0.162. The molecule has 1 aromatic carbocycles. The number of hydrogen-bond acceptors (Lipinski definition) is 3. The lowest BCUT2D eigenvalue weighted by molar-refractivity contribution is -0.118. The zero-order valence-corrected chi connectivity index (χ0v) is 18.9. The van der Waals surface area contributed by atoms with Gasteiger partial charge in [0.2, 0.25) is 6.41 Å². The lowest BCUT2D eigenvalue weighted by atomic mass is 9.90. The van der Waals surface area contributed by atoms with Crippen LogP contribution in [0.25, 0.3) is 0 Å². The summed E-state index contributed by atoms with van der Waals surface area (Å²) < 4.78 is 0. The van der Waals surface area contributed by atoms with E-state index < -0.39 is 0 Å². The van der Waals surface area contributed by atoms with Gasteiger partial charge in [-0.2, -0.15) is 0 Å². The maximum Gasteiger partial charge on any atom is 0.209 e. The molecule has 0 N–H and O–H groups in total. The first kappa shape index (κ1) is 21.5. The number of aryl methyl sites for hydroxylation is 2. The number of thiophene rings is 1. The molecule has 2 aromatic rings. The van der Waals surface area contributed by atoms with Gasteiger partial charge in [0.15, 0.2) is 0 Å². The highest BCUT2D eigenvalue weighted by Gasteiger charge is 2.26. The molecule has 148 valence electrons. The standard InChI is InChI=1S/C23H34N2OS/c1-15(2)25(13-17(4)24(8)14-26)23-22(18(5)20(7)27-23)19(6)21-11-9-16(3)10-12-21/h9-12,14-15,17,19H,13H2,1-8H3. The molecular formula is C23H34N2OS. The molecule has 0 fully saturated rings. The average Bonchev–Trinajstić information content (AvgIpc) is 2.93. The van der Waals surface area contributed by atoms with Crippen LogP contribution in [0.2, 0.25) is 0 Å². The Kier molecular flexibility index (Phi) is 7.10. The van der Waals surface area contributed by atoms with Gasteiger partial charge in [-0.15, -0.1) is 11.3 Å². The largest absolute Gasteiger partial charge is 0.359 e. The molecule has 0 saturated heterocycles. The highest BCUT2D eigenvalue weighted by molar-refractivity contribution is 7.16. The average molecular weight is 387 g/mol. The number of likely N-dealkylation sites (N-methyl/N-ethyl adjacent to an activating group) is 1. The molecule has 3 nitrogen and oxygen atoms in total. The third-order valence-corrected chi connectivity index (χ3v) is 6.89. The number of amides is 1. The Labute approximate surface area is 169 Å². The Morgan fingerprint density at radius 1 is 1.04 bits per heavy atom. The summed E-state index contributed by atoms with van der Waals surface area (Å²) >= 11 is 1.88. The minimum Gasteiger partial charge on any atom is -0.359 e. The van der Waals surface area contributed by atoms with E-state index in [4.69, 9.17) is 0 Å². The summed E-state index contributed by atoms with van der Waals surface area (Å²) in [5.41, 5.74) is 5.46. The number of hydrogen-bond donors (Lipinski definition) is 0. The van der Waals surface area contributed by atoms with E-state index in [1.807, 2.05) is 18.4 Å². The van der Waals surface area contributed by atoms with Crippen LogP contribution in [0.3, 0.4) is 0 Å². The van der Waals surface area contributed by atoms with Crippen LogP contribution < -0.4 is 4.90 Å². The van der Waals surface area contributed by atoms with E-state index in [2.05, 4.69) is 77.6 Å². The summed E-state index contributed by atoms with van der Waals surface area (Å²) in [6.45, 7) is 16.3. The van der Waals surface area contributed by atoms with Gasteiger partial charge in [-0.05, 0) is 58.2 Å². The summed E-state index contributed by atoms with van der Waals surface area (Å²) in [6, 6.07) is 9.42. The third-order valence-electron chi connectivity index (χ3n) is 5.63. The molecule has 2 unspecified atom stereocenters. The summed E-state index contributed by atoms with van der Waals surface area (Å²) in [7, 11) is 1.86. The smallest absolute Gasteiger partial charge is 0.209 e. The molecule has 0 aliphatic rings. The van der Waals surface area contributed by atoms with Crippen LogP contribution in [0.5, 0.6) is 0 Å². The van der Waals surface area contributed by atoms with Gasteiger partial charge in [-0.25, -0.2) is 0 Å². The van der Waals surface area contributed by atoms with Crippen molar-refractivity contribution in [2.75, 3.05) is 18.5 Å². The van der Waals surface area contributed by atoms with Crippen molar-refractivity contribution in [1.29, 1.82) is 0 Å². The summed E-state index contributed by atoms with van der Waals surface area (Å²) in [4.78, 5) is 16.8. The number of carbonyl (C=O) groups is 1. The minimum absolute atomic E-state index is 0.162. The van der Waals surface area contributed by atoms with Crippen LogP contribution in [-0.2, 0) is 4.79 Å². The van der Waals surface area contributed by atoms with Crippen molar-refractivity contribution < 1.29 is 4.79 Å². The Hall–Kier alpha value is -1.81. The van der Waals surface area contributed by atoms with Gasteiger partial charge in [0.1, 0.15) is 0 Å². The Morgan fingerprint density at radius 3 is 2.15 bits per heavy atom. The van der Waals surface area contributed by atoms with Crippen molar-refractivity contribution in [2.24, 2.45) is 0 Å². The molecule has 0 radical (unpaired) electrons. The molecule has 1 amide bonds. The highest BCUT2D eigenvalue weighted by atomic mass is 32.1. The fourth-order valence-corrected chi connectivity index (χ4v) is 4.81. The lowest BCUT2D eigenvalue weighted by Gasteiger charge is -2.34. The molecule has 1 heterocycles. The molecule has 0 bridgehead atoms. The first-order chi connectivity index (χ1) is 12.7. The molecule has 4 heteroatoms. The Balaban J connectivity index is 2.47. The van der Waals surface area contributed by atoms with Crippen molar-refractivity contribution in [3.05, 3.63) is 51.4 Å². The topological polar surface area (TPSA) is 23.6 Å². The molecule has 0 aliphatic heterocycles. The van der Waals surface area contributed by atoms with Gasteiger partial charge >= 0.3 is 0 Å². The van der Waals surface area contributed by atoms with Crippen molar-refractivity contribution >= 4 is 22.7 Å². The van der Waals surface area contributed by atoms with Gasteiger partial charge in [-0.1, -0.05) is 36.8 Å². The number of benzene rings is 1. The molecule has 1 aromatic heterocycles. The van der Waals surface area contributed by atoms with E-state index in [1.54, 1.807) is 4.90 Å². The van der Waals surface area contributed by atoms with Gasteiger partial charge in [0, 0.05) is 36.5 Å². The predicted molar refractivity (Wildman–Crippen MR) is 118 cm³/mol. The lowest BCUT2D eigenvalue weighted by Crippen LogP contribution is -2.43. The number of carbonyl (C=O) groups excluding carboxylic acids is 1. The van der Waals surface area contributed by atoms with Gasteiger partial charge in [0.25, 0.3) is 0 Å². The first-order valence-corrected chi connectivity index (χ1v) is 10.6. The molecule has 0 spiro atoms. The second kappa shape index (κ2) is 8.92. The monoisotopic (exact) mass is 386 g/mol. The number of nitrogens with zero attached hydrogens (tertiary/aromatic N) is 2. The van der Waals surface area contributed by atoms with E-state index in [1.165, 1.54) is 32.1 Å². The predicted octanol–water partition coefficient (Wildman–Crippen LogP) is 5.52. The molecule has 0 aliphatic carbocycles. The first-order valence-electron chi connectivity index (χ1n) is 9.77. The third kappa shape index (κ3) is 4.73. The summed E-state index contributed by atoms with van der Waals surface area (Å²) in [5.74, 6) is 0.339. The van der Waals surface area contributed by atoms with Crippen molar-refractivity contribution in [2.45, 2.75) is 66.5 Å². The Bertz CT molecular complexity index is 763. The fraction of sp³-hybridized carbons (Fsp3) is 0.522. The van der Waals surface area contributed by atoms with Crippen molar-refractivity contribution in [3.8, 4) is 0 Å². The molecular weight excluding hydrogens is 352 g/mol. The van der Waals surface area contributed by atoms with Crippen molar-refractivity contribution in [3.63, 3.8) is 0 Å². The van der Waals surface area contributed by atoms with Crippen LogP contribution >= 0.6 is 11.3 Å². The maximum atomic E-state index is 11.2. The maximum absolute atomic E-state index is 11.2. The summed E-state index contributed by atoms with van der Waals surface area (Å²) in [5, 5.41) is 1.35. The van der Waals surface area contributed by atoms with E-state index in [9.17, 15) is 4.79 Å². The van der Waals surface area contributed by atoms with Crippen LogP contribution in [0.1, 0.15) is 60.7 Å². The van der Waals surface area contributed by atoms with Crippen LogP contribution in [-0.4, -0.2) is 37.0 Å². The van der Waals surface area contributed by atoms with E-state index in [0.717, 1.165) is 13.0 Å². The summed E-state index contributed by atoms with van der Waals surface area (Å²) in [6.07, 6.45) is 0.921. The molecule has 2 atom stereocenters. The van der Waals surface area contributed by atoms with Gasteiger partial charge in [0.05, 0.1) is 5.00 Å². The van der Waals surface area contributed by atoms with E-state index in [0.29, 0.717) is 12.0 Å². The van der Waals surface area contributed by atoms with E-state index in [-0.39, 0.29) is 6.04 Å². The van der Waals surface area contributed by atoms with Crippen molar-refractivity contribution in [1.82, 2.24) is 4.90 Å². The van der Waals surface area contributed by atoms with Gasteiger partial charge < -0.3 is 9.80 Å². The number of anilines is 1. The second-order valence-electron chi connectivity index (χ2n) is 8.00. The highest BCUT2D eigenvalue weighted by Crippen LogP contribution is 2.43. The second-order valence-corrected chi connectivity index (χ2v) is 9.20. The van der Waals surface area contributed by atoms with Crippen LogP contribution in [0.4, 0.5) is 5.00 Å². The zero-order chi connectivity index (χ0) is 20.3. The Morgan fingerprint density at radius 2 is 1.63 bits per heavy atom. The number of rotatable bonds is 8. The SMILES string of the molecule is Cc1ccc(C(C)c2c(N(CC(C)N(C)C=O)C(C)C)sc(C)c2C)cc1. The van der Waals surface area contributed by atoms with Crippen LogP contribution in [0.15, 0.2) is 24.3 Å². The normalized spacial score (nSPS) is 13.5. The molecule has 0 saturated carbocycles. The molecule has 27 heavy (non-hydrogen) atoms. The molecule has 2 rings (SSSR count). The van der Waals surface area contributed by atoms with E-state index >= 15 is 0 Å². The van der Waals surface area contributed by atoms with Gasteiger partial charge in [-0.3, -0.25) is 4.79 Å². The quantitative estimate of drug-likeness (QED) is 0.558. The zero-order valence-electron chi connectivity index (χ0n) is 18.0.